The molecule has 5 atom stereocenters. The summed E-state index contributed by atoms with van der Waals surface area (Å²) in [7, 11) is 0. The molecular formula is C18H29NO3. The fraction of sp³-hybridized carbons (Fsp3) is 0.722. The number of amides is 1. The second kappa shape index (κ2) is 6.45. The number of rotatable bonds is 4. The number of alkyl carbamates (subject to hydrolysis) is 1. The molecule has 0 saturated carbocycles. The zero-order valence-corrected chi connectivity index (χ0v) is 14.4. The van der Waals surface area contributed by atoms with E-state index in [0.717, 1.165) is 0 Å². The van der Waals surface area contributed by atoms with Crippen molar-refractivity contribution in [3.63, 3.8) is 0 Å². The molecule has 2 rings (SSSR count). The van der Waals surface area contributed by atoms with Gasteiger partial charge in [0.15, 0.2) is 0 Å². The van der Waals surface area contributed by atoms with E-state index in [-0.39, 0.29) is 23.7 Å². The topological polar surface area (TPSA) is 47.6 Å². The molecule has 0 aromatic heterocycles. The van der Waals surface area contributed by atoms with Crippen LogP contribution in [0.3, 0.4) is 0 Å². The Morgan fingerprint density at radius 2 is 2.27 bits per heavy atom. The third-order valence-corrected chi connectivity index (χ3v) is 5.40. The average molecular weight is 307 g/mol. The molecule has 22 heavy (non-hydrogen) atoms. The first-order valence-electron chi connectivity index (χ1n) is 8.17. The lowest BCUT2D eigenvalue weighted by molar-refractivity contribution is -0.149. The van der Waals surface area contributed by atoms with Gasteiger partial charge in [0.2, 0.25) is 0 Å². The van der Waals surface area contributed by atoms with Gasteiger partial charge in [-0.3, -0.25) is 0 Å². The number of fused-ring (bicyclic) bond motifs is 2. The highest BCUT2D eigenvalue weighted by Gasteiger charge is 2.53. The quantitative estimate of drug-likeness (QED) is 0.808. The van der Waals surface area contributed by atoms with Crippen molar-refractivity contribution < 1.29 is 14.3 Å². The van der Waals surface area contributed by atoms with Gasteiger partial charge in [0.05, 0.1) is 12.7 Å². The van der Waals surface area contributed by atoms with Gasteiger partial charge in [-0.1, -0.05) is 31.6 Å². The van der Waals surface area contributed by atoms with Gasteiger partial charge >= 0.3 is 6.09 Å². The van der Waals surface area contributed by atoms with Crippen molar-refractivity contribution in [2.75, 3.05) is 13.2 Å². The van der Waals surface area contributed by atoms with Gasteiger partial charge in [-0.05, 0) is 32.6 Å². The highest BCUT2D eigenvalue weighted by Crippen LogP contribution is 2.52. The Bertz CT molecular complexity index is 471. The van der Waals surface area contributed by atoms with Gasteiger partial charge in [-0.25, -0.2) is 4.79 Å². The largest absolute Gasteiger partial charge is 0.449 e. The summed E-state index contributed by atoms with van der Waals surface area (Å²) in [6.07, 6.45) is 3.91. The molecule has 3 unspecified atom stereocenters. The summed E-state index contributed by atoms with van der Waals surface area (Å²) < 4.78 is 11.6. The molecule has 0 aromatic rings. The van der Waals surface area contributed by atoms with Crippen molar-refractivity contribution in [1.29, 1.82) is 0 Å². The van der Waals surface area contributed by atoms with E-state index in [1.54, 1.807) is 0 Å². The van der Waals surface area contributed by atoms with Gasteiger partial charge < -0.3 is 14.8 Å². The molecule has 4 heteroatoms. The third-order valence-electron chi connectivity index (χ3n) is 5.40. The van der Waals surface area contributed by atoms with E-state index < -0.39 is 0 Å². The summed E-state index contributed by atoms with van der Waals surface area (Å²) in [6, 6.07) is 0.0776. The summed E-state index contributed by atoms with van der Waals surface area (Å²) in [5, 5.41) is 2.78. The standard InChI is InChI=1S/C18H29NO3/c1-7-15-16-12(4)8-13(5)18(9-21-15,14(16)6)10-22-17(20)19-11(2)3/h7-8,11,13-16H,1,9-10H2,2-6H3,(H,19,20)/t13?,14-,15?,16?,18+/m0/s1. The average Bonchev–Trinajstić information content (AvgIpc) is 2.43. The van der Waals surface area contributed by atoms with E-state index in [9.17, 15) is 4.79 Å². The van der Waals surface area contributed by atoms with Crippen LogP contribution in [0.2, 0.25) is 0 Å². The summed E-state index contributed by atoms with van der Waals surface area (Å²) in [5.74, 6) is 1.02. The Hall–Kier alpha value is -1.29. The summed E-state index contributed by atoms with van der Waals surface area (Å²) >= 11 is 0. The van der Waals surface area contributed by atoms with Crippen molar-refractivity contribution in [3.05, 3.63) is 24.3 Å². The van der Waals surface area contributed by atoms with Crippen molar-refractivity contribution in [1.82, 2.24) is 5.32 Å². The number of carbonyl (C=O) groups is 1. The molecule has 1 saturated heterocycles. The Balaban J connectivity index is 2.18. The molecule has 1 aliphatic carbocycles. The van der Waals surface area contributed by atoms with Crippen LogP contribution in [0.25, 0.3) is 0 Å². The maximum atomic E-state index is 11.8. The predicted molar refractivity (Wildman–Crippen MR) is 87.6 cm³/mol. The fourth-order valence-corrected chi connectivity index (χ4v) is 4.00. The van der Waals surface area contributed by atoms with Crippen LogP contribution < -0.4 is 5.32 Å². The van der Waals surface area contributed by atoms with Crippen LogP contribution in [-0.4, -0.2) is 31.5 Å². The van der Waals surface area contributed by atoms with Crippen LogP contribution in [-0.2, 0) is 9.47 Å². The Labute approximate surface area is 133 Å². The van der Waals surface area contributed by atoms with Crippen LogP contribution in [0.1, 0.15) is 34.6 Å². The lowest BCUT2D eigenvalue weighted by Gasteiger charge is -2.54. The number of allylic oxidation sites excluding steroid dienone is 1. The van der Waals surface area contributed by atoms with E-state index in [0.29, 0.717) is 31.0 Å². The number of hydrogen-bond donors (Lipinski definition) is 1. The summed E-state index contributed by atoms with van der Waals surface area (Å²) in [5.41, 5.74) is 1.20. The van der Waals surface area contributed by atoms with E-state index >= 15 is 0 Å². The Morgan fingerprint density at radius 3 is 2.86 bits per heavy atom. The van der Waals surface area contributed by atoms with Gasteiger partial charge in [-0.2, -0.15) is 0 Å². The molecule has 0 spiro atoms. The van der Waals surface area contributed by atoms with Crippen LogP contribution in [0, 0.1) is 23.2 Å². The predicted octanol–water partition coefficient (Wildman–Crippen LogP) is 3.54. The minimum absolute atomic E-state index is 0.0522. The SMILES string of the molecule is C=CC1OC[C@@]2(COC(=O)NC(C)C)C(C)C=C(C)C1[C@@H]2C. The first-order valence-corrected chi connectivity index (χ1v) is 8.17. The Kier molecular flexibility index (Phi) is 5.00. The van der Waals surface area contributed by atoms with Crippen LogP contribution in [0.15, 0.2) is 24.3 Å². The number of hydrogen-bond acceptors (Lipinski definition) is 3. The molecule has 2 bridgehead atoms. The molecular weight excluding hydrogens is 278 g/mol. The molecule has 1 fully saturated rings. The molecule has 0 radical (unpaired) electrons. The minimum Gasteiger partial charge on any atom is -0.449 e. The van der Waals surface area contributed by atoms with Crippen molar-refractivity contribution in [2.24, 2.45) is 23.2 Å². The number of ether oxygens (including phenoxy) is 2. The molecule has 4 nitrogen and oxygen atoms in total. The van der Waals surface area contributed by atoms with Crippen molar-refractivity contribution >= 4 is 6.09 Å². The number of nitrogens with one attached hydrogen (secondary N) is 1. The van der Waals surface area contributed by atoms with Crippen molar-refractivity contribution in [3.8, 4) is 0 Å². The van der Waals surface area contributed by atoms with E-state index in [1.165, 1.54) is 5.57 Å². The van der Waals surface area contributed by atoms with Gasteiger partial charge in [-0.15, -0.1) is 6.58 Å². The van der Waals surface area contributed by atoms with Crippen LogP contribution >= 0.6 is 0 Å². The molecule has 1 heterocycles. The maximum absolute atomic E-state index is 11.8. The highest BCUT2D eigenvalue weighted by atomic mass is 16.6. The van der Waals surface area contributed by atoms with E-state index in [4.69, 9.17) is 9.47 Å². The van der Waals surface area contributed by atoms with Crippen LogP contribution in [0.5, 0.6) is 0 Å². The molecule has 2 aliphatic rings. The second-order valence-electron chi connectivity index (χ2n) is 7.13. The zero-order chi connectivity index (χ0) is 16.5. The first kappa shape index (κ1) is 17.1. The van der Waals surface area contributed by atoms with Gasteiger partial charge in [0, 0.05) is 17.4 Å². The highest BCUT2D eigenvalue weighted by molar-refractivity contribution is 5.67. The summed E-state index contributed by atoms with van der Waals surface area (Å²) in [4.78, 5) is 11.8. The molecule has 1 aliphatic heterocycles. The van der Waals surface area contributed by atoms with Gasteiger partial charge in [0.25, 0.3) is 0 Å². The van der Waals surface area contributed by atoms with Crippen molar-refractivity contribution in [2.45, 2.75) is 46.8 Å². The molecule has 1 amide bonds. The van der Waals surface area contributed by atoms with Crippen LogP contribution in [0.4, 0.5) is 4.79 Å². The van der Waals surface area contributed by atoms with E-state index in [2.05, 4.69) is 38.7 Å². The monoisotopic (exact) mass is 307 g/mol. The smallest absolute Gasteiger partial charge is 0.407 e. The van der Waals surface area contributed by atoms with Gasteiger partial charge in [0.1, 0.15) is 6.61 Å². The molecule has 1 N–H and O–H groups in total. The summed E-state index contributed by atoms with van der Waals surface area (Å²) in [6.45, 7) is 15.3. The molecule has 124 valence electrons. The first-order chi connectivity index (χ1) is 10.3. The fourth-order valence-electron chi connectivity index (χ4n) is 4.00. The third kappa shape index (κ3) is 2.94. The Morgan fingerprint density at radius 1 is 1.59 bits per heavy atom. The zero-order valence-electron chi connectivity index (χ0n) is 14.4. The van der Waals surface area contributed by atoms with E-state index in [1.807, 2.05) is 19.9 Å². The second-order valence-corrected chi connectivity index (χ2v) is 7.13. The maximum Gasteiger partial charge on any atom is 0.407 e. The minimum atomic E-state index is -0.350. The number of carbonyl (C=O) groups excluding carboxylic acids is 1. The lowest BCUT2D eigenvalue weighted by Crippen LogP contribution is -2.56. The normalized spacial score (nSPS) is 37.5. The molecule has 0 aromatic carbocycles. The lowest BCUT2D eigenvalue weighted by atomic mass is 9.56.